The Hall–Kier alpha value is -1.74. The molecule has 1 unspecified atom stereocenters. The number of ketones is 1. The highest BCUT2D eigenvalue weighted by molar-refractivity contribution is 7.12. The lowest BCUT2D eigenvalue weighted by Crippen LogP contribution is -2.16. The maximum atomic E-state index is 12.2. The number of nitrogens with zero attached hydrogens (tertiary/aromatic N) is 1. The van der Waals surface area contributed by atoms with Gasteiger partial charge in [-0.3, -0.25) is 9.79 Å². The van der Waals surface area contributed by atoms with E-state index < -0.39 is 0 Å². The van der Waals surface area contributed by atoms with Crippen LogP contribution in [-0.2, 0) is 0 Å². The van der Waals surface area contributed by atoms with Gasteiger partial charge in [0.05, 0.1) is 4.88 Å². The fraction of sp³-hybridized carbons (Fsp3) is 0.250. The molecule has 0 fully saturated rings. The minimum atomic E-state index is -0.0152. The molecule has 0 bridgehead atoms. The van der Waals surface area contributed by atoms with Crippen LogP contribution in [0, 0.1) is 5.92 Å². The third-order valence-corrected chi connectivity index (χ3v) is 3.88. The summed E-state index contributed by atoms with van der Waals surface area (Å²) in [5.41, 5.74) is 1.07. The van der Waals surface area contributed by atoms with E-state index in [1.807, 2.05) is 61.0 Å². The fourth-order valence-corrected chi connectivity index (χ4v) is 2.59. The highest BCUT2D eigenvalue weighted by atomic mass is 32.1. The molecule has 1 aromatic heterocycles. The maximum absolute atomic E-state index is 12.2. The molecule has 0 N–H and O–H groups in total. The monoisotopic (exact) mass is 271 g/mol. The first-order valence-corrected chi connectivity index (χ1v) is 7.32. The van der Waals surface area contributed by atoms with Crippen LogP contribution in [0.15, 0.2) is 52.8 Å². The zero-order chi connectivity index (χ0) is 13.5. The van der Waals surface area contributed by atoms with Crippen molar-refractivity contribution in [2.45, 2.75) is 13.3 Å². The molecule has 0 aliphatic carbocycles. The molecular weight excluding hydrogens is 254 g/mol. The van der Waals surface area contributed by atoms with Crippen molar-refractivity contribution in [3.05, 3.63) is 58.3 Å². The number of hydrogen-bond donors (Lipinski definition) is 0. The molecule has 98 valence electrons. The van der Waals surface area contributed by atoms with Gasteiger partial charge in [-0.1, -0.05) is 43.3 Å². The molecular formula is C16H17NOS. The average molecular weight is 271 g/mol. The van der Waals surface area contributed by atoms with Crippen LogP contribution < -0.4 is 0 Å². The average Bonchev–Trinajstić information content (AvgIpc) is 2.98. The van der Waals surface area contributed by atoms with Gasteiger partial charge in [0.1, 0.15) is 0 Å². The summed E-state index contributed by atoms with van der Waals surface area (Å²) in [6.45, 7) is 2.59. The molecule has 2 aromatic rings. The molecule has 0 spiro atoms. The van der Waals surface area contributed by atoms with E-state index in [1.54, 1.807) is 0 Å². The highest BCUT2D eigenvalue weighted by Gasteiger charge is 2.18. The van der Waals surface area contributed by atoms with Crippen LogP contribution in [0.2, 0.25) is 0 Å². The van der Waals surface area contributed by atoms with Crippen molar-refractivity contribution in [2.24, 2.45) is 10.9 Å². The standard InChI is InChI=1S/C16H17NOS/c1-2-14(16(18)15-9-6-10-19-15)12-17-11-13-7-4-3-5-8-13/h3-11,14H,2,12H2,1H3. The number of benzene rings is 1. The molecule has 3 heteroatoms. The molecule has 0 aliphatic rings. The van der Waals surface area contributed by atoms with Gasteiger partial charge in [-0.05, 0) is 23.4 Å². The molecule has 0 aliphatic heterocycles. The second kappa shape index (κ2) is 7.00. The number of thiophene rings is 1. The van der Waals surface area contributed by atoms with Crippen molar-refractivity contribution in [1.82, 2.24) is 0 Å². The Morgan fingerprint density at radius 3 is 2.68 bits per heavy atom. The number of carbonyl (C=O) groups is 1. The van der Waals surface area contributed by atoms with Crippen LogP contribution in [0.5, 0.6) is 0 Å². The second-order valence-electron chi connectivity index (χ2n) is 4.35. The smallest absolute Gasteiger partial charge is 0.177 e. The van der Waals surface area contributed by atoms with Crippen molar-refractivity contribution in [1.29, 1.82) is 0 Å². The van der Waals surface area contributed by atoms with E-state index in [1.165, 1.54) is 11.3 Å². The molecule has 1 aromatic carbocycles. The number of hydrogen-bond acceptors (Lipinski definition) is 3. The van der Waals surface area contributed by atoms with E-state index in [9.17, 15) is 4.79 Å². The first kappa shape index (κ1) is 13.7. The summed E-state index contributed by atoms with van der Waals surface area (Å²) in [5.74, 6) is 0.196. The van der Waals surface area contributed by atoms with Crippen molar-refractivity contribution in [3.8, 4) is 0 Å². The van der Waals surface area contributed by atoms with Gasteiger partial charge >= 0.3 is 0 Å². The number of rotatable bonds is 6. The highest BCUT2D eigenvalue weighted by Crippen LogP contribution is 2.17. The molecule has 2 rings (SSSR count). The molecule has 0 amide bonds. The maximum Gasteiger partial charge on any atom is 0.177 e. The van der Waals surface area contributed by atoms with Gasteiger partial charge in [-0.15, -0.1) is 11.3 Å². The Kier molecular flexibility index (Phi) is 5.04. The summed E-state index contributed by atoms with van der Waals surface area (Å²) >= 11 is 1.50. The van der Waals surface area contributed by atoms with Gasteiger partial charge in [0.15, 0.2) is 5.78 Å². The zero-order valence-electron chi connectivity index (χ0n) is 11.0. The molecule has 1 atom stereocenters. The van der Waals surface area contributed by atoms with Gasteiger partial charge in [-0.25, -0.2) is 0 Å². The summed E-state index contributed by atoms with van der Waals surface area (Å²) in [6.07, 6.45) is 2.66. The van der Waals surface area contributed by atoms with Gasteiger partial charge in [0.2, 0.25) is 0 Å². The van der Waals surface area contributed by atoms with Crippen molar-refractivity contribution in [3.63, 3.8) is 0 Å². The largest absolute Gasteiger partial charge is 0.293 e. The van der Waals surface area contributed by atoms with Crippen LogP contribution in [0.25, 0.3) is 0 Å². The summed E-state index contributed by atoms with van der Waals surface area (Å²) in [7, 11) is 0. The molecule has 0 saturated carbocycles. The Morgan fingerprint density at radius 1 is 1.26 bits per heavy atom. The van der Waals surface area contributed by atoms with Crippen LogP contribution in [0.3, 0.4) is 0 Å². The van der Waals surface area contributed by atoms with Gasteiger partial charge in [0, 0.05) is 18.7 Å². The Bertz CT molecular complexity index is 531. The Morgan fingerprint density at radius 2 is 2.05 bits per heavy atom. The molecule has 1 heterocycles. The van der Waals surface area contributed by atoms with Crippen LogP contribution in [0.1, 0.15) is 28.6 Å². The van der Waals surface area contributed by atoms with Crippen LogP contribution in [-0.4, -0.2) is 18.5 Å². The third kappa shape index (κ3) is 3.86. The number of aliphatic imine (C=N–C) groups is 1. The van der Waals surface area contributed by atoms with Crippen molar-refractivity contribution < 1.29 is 4.79 Å². The number of carbonyl (C=O) groups excluding carboxylic acids is 1. The minimum absolute atomic E-state index is 0.0152. The van der Waals surface area contributed by atoms with E-state index in [2.05, 4.69) is 4.99 Å². The molecule has 19 heavy (non-hydrogen) atoms. The first-order chi connectivity index (χ1) is 9.31. The predicted octanol–water partition coefficient (Wildman–Crippen LogP) is 4.08. The SMILES string of the molecule is CCC(CN=Cc1ccccc1)C(=O)c1cccs1. The van der Waals surface area contributed by atoms with E-state index in [-0.39, 0.29) is 11.7 Å². The Labute approximate surface area is 117 Å². The topological polar surface area (TPSA) is 29.4 Å². The van der Waals surface area contributed by atoms with E-state index in [0.717, 1.165) is 16.9 Å². The van der Waals surface area contributed by atoms with Gasteiger partial charge in [-0.2, -0.15) is 0 Å². The fourth-order valence-electron chi connectivity index (χ4n) is 1.84. The van der Waals surface area contributed by atoms with E-state index in [0.29, 0.717) is 6.54 Å². The normalized spacial score (nSPS) is 12.7. The lowest BCUT2D eigenvalue weighted by molar-refractivity contribution is 0.0926. The summed E-state index contributed by atoms with van der Waals surface area (Å²) in [5, 5.41) is 1.94. The molecule has 2 nitrogen and oxygen atoms in total. The van der Waals surface area contributed by atoms with Crippen molar-refractivity contribution >= 4 is 23.3 Å². The minimum Gasteiger partial charge on any atom is -0.293 e. The van der Waals surface area contributed by atoms with Gasteiger partial charge < -0.3 is 0 Å². The predicted molar refractivity (Wildman–Crippen MR) is 81.3 cm³/mol. The Balaban J connectivity index is 1.96. The van der Waals surface area contributed by atoms with Gasteiger partial charge in [0.25, 0.3) is 0 Å². The quantitative estimate of drug-likeness (QED) is 0.575. The summed E-state index contributed by atoms with van der Waals surface area (Å²) in [6, 6.07) is 13.8. The van der Waals surface area contributed by atoms with E-state index >= 15 is 0 Å². The lowest BCUT2D eigenvalue weighted by Gasteiger charge is -2.09. The molecule has 0 saturated heterocycles. The number of Topliss-reactive ketones (excluding diaryl/α,β-unsaturated/α-hetero) is 1. The summed E-state index contributed by atoms with van der Waals surface area (Å²) < 4.78 is 0. The lowest BCUT2D eigenvalue weighted by atomic mass is 10.0. The summed E-state index contributed by atoms with van der Waals surface area (Å²) in [4.78, 5) is 17.5. The third-order valence-electron chi connectivity index (χ3n) is 2.99. The zero-order valence-corrected chi connectivity index (χ0v) is 11.8. The van der Waals surface area contributed by atoms with Crippen LogP contribution in [0.4, 0.5) is 0 Å². The first-order valence-electron chi connectivity index (χ1n) is 6.44. The second-order valence-corrected chi connectivity index (χ2v) is 5.30. The molecule has 0 radical (unpaired) electrons. The van der Waals surface area contributed by atoms with E-state index in [4.69, 9.17) is 0 Å². The van der Waals surface area contributed by atoms with Crippen LogP contribution >= 0.6 is 11.3 Å². The van der Waals surface area contributed by atoms with Crippen molar-refractivity contribution in [2.75, 3.05) is 6.54 Å².